The van der Waals surface area contributed by atoms with Crippen LogP contribution in [-0.2, 0) is 11.3 Å². The largest absolute Gasteiger partial charge is 0.379 e. The maximum absolute atomic E-state index is 5.39. The second kappa shape index (κ2) is 5.82. The third kappa shape index (κ3) is 2.74. The molecule has 18 heavy (non-hydrogen) atoms. The molecule has 0 bridgehead atoms. The Morgan fingerprint density at radius 1 is 1.39 bits per heavy atom. The van der Waals surface area contributed by atoms with Gasteiger partial charge in [0.1, 0.15) is 0 Å². The van der Waals surface area contributed by atoms with Crippen LogP contribution >= 0.6 is 0 Å². The Balaban J connectivity index is 1.66. The van der Waals surface area contributed by atoms with Crippen molar-refractivity contribution in [2.45, 2.75) is 25.3 Å². The molecule has 2 fully saturated rings. The van der Waals surface area contributed by atoms with Gasteiger partial charge in [-0.05, 0) is 19.4 Å². The van der Waals surface area contributed by atoms with Crippen LogP contribution in [0.25, 0.3) is 0 Å². The van der Waals surface area contributed by atoms with Crippen LogP contribution in [0.3, 0.4) is 0 Å². The van der Waals surface area contributed by atoms with Crippen molar-refractivity contribution in [2.24, 2.45) is 0 Å². The van der Waals surface area contributed by atoms with Gasteiger partial charge in [-0.1, -0.05) is 0 Å². The number of morpholine rings is 1. The molecule has 100 valence electrons. The highest BCUT2D eigenvalue weighted by Gasteiger charge is 2.21. The number of rotatable bonds is 3. The van der Waals surface area contributed by atoms with E-state index in [1.807, 2.05) is 6.20 Å². The fourth-order valence-electron chi connectivity index (χ4n) is 2.90. The van der Waals surface area contributed by atoms with Crippen molar-refractivity contribution in [3.63, 3.8) is 0 Å². The summed E-state index contributed by atoms with van der Waals surface area (Å²) in [6.45, 7) is 7.03. The molecule has 0 aliphatic carbocycles. The molecule has 3 heterocycles. The lowest BCUT2D eigenvalue weighted by molar-refractivity contribution is 0.0340. The lowest BCUT2D eigenvalue weighted by atomic mass is 9.93. The maximum Gasteiger partial charge on any atom is 0.0594 e. The number of nitrogens with one attached hydrogen (secondary N) is 2. The summed E-state index contributed by atoms with van der Waals surface area (Å²) < 4.78 is 5.39. The molecule has 0 amide bonds. The number of nitrogens with zero attached hydrogens (tertiary/aromatic N) is 2. The third-order valence-corrected chi connectivity index (χ3v) is 3.95. The molecule has 1 aromatic heterocycles. The summed E-state index contributed by atoms with van der Waals surface area (Å²) >= 11 is 0. The van der Waals surface area contributed by atoms with E-state index in [0.29, 0.717) is 5.92 Å². The van der Waals surface area contributed by atoms with Crippen LogP contribution in [-0.4, -0.2) is 54.5 Å². The Labute approximate surface area is 108 Å². The molecular weight excluding hydrogens is 228 g/mol. The number of ether oxygens (including phenoxy) is 1. The zero-order valence-electron chi connectivity index (χ0n) is 10.8. The van der Waals surface area contributed by atoms with Crippen molar-refractivity contribution in [1.29, 1.82) is 0 Å². The molecule has 1 aromatic rings. The van der Waals surface area contributed by atoms with Crippen LogP contribution in [0.15, 0.2) is 6.20 Å². The fraction of sp³-hybridized carbons (Fsp3) is 0.769. The molecule has 0 unspecified atom stereocenters. The van der Waals surface area contributed by atoms with Gasteiger partial charge in [-0.25, -0.2) is 0 Å². The Morgan fingerprint density at radius 2 is 2.28 bits per heavy atom. The zero-order chi connectivity index (χ0) is 12.2. The minimum Gasteiger partial charge on any atom is -0.379 e. The van der Waals surface area contributed by atoms with Crippen molar-refractivity contribution in [2.75, 3.05) is 39.4 Å². The normalized spacial score (nSPS) is 26.3. The van der Waals surface area contributed by atoms with Crippen molar-refractivity contribution < 1.29 is 4.74 Å². The number of aromatic nitrogens is 2. The molecule has 2 saturated heterocycles. The van der Waals surface area contributed by atoms with E-state index in [1.165, 1.54) is 24.1 Å². The topological polar surface area (TPSA) is 53.2 Å². The van der Waals surface area contributed by atoms with Crippen LogP contribution in [0, 0.1) is 0 Å². The second-order valence-electron chi connectivity index (χ2n) is 5.24. The van der Waals surface area contributed by atoms with E-state index in [2.05, 4.69) is 20.4 Å². The fourth-order valence-corrected chi connectivity index (χ4v) is 2.90. The zero-order valence-corrected chi connectivity index (χ0v) is 10.8. The molecule has 2 aliphatic heterocycles. The third-order valence-electron chi connectivity index (χ3n) is 3.95. The van der Waals surface area contributed by atoms with Gasteiger partial charge >= 0.3 is 0 Å². The first-order chi connectivity index (χ1) is 8.93. The van der Waals surface area contributed by atoms with Gasteiger partial charge in [-0.2, -0.15) is 5.10 Å². The van der Waals surface area contributed by atoms with Crippen LogP contribution in [0.4, 0.5) is 0 Å². The summed E-state index contributed by atoms with van der Waals surface area (Å²) in [6, 6.07) is 0. The molecule has 2 N–H and O–H groups in total. The molecule has 0 aromatic carbocycles. The van der Waals surface area contributed by atoms with E-state index in [4.69, 9.17) is 4.74 Å². The van der Waals surface area contributed by atoms with E-state index in [0.717, 1.165) is 45.9 Å². The molecule has 3 rings (SSSR count). The van der Waals surface area contributed by atoms with Crippen LogP contribution < -0.4 is 5.32 Å². The second-order valence-corrected chi connectivity index (χ2v) is 5.24. The molecule has 0 saturated carbocycles. The van der Waals surface area contributed by atoms with E-state index < -0.39 is 0 Å². The number of aromatic amines is 1. The molecular formula is C13H22N4O. The SMILES string of the molecule is c1n[nH]c([C@@H]2CCCNC2)c1CN1CCOCC1. The van der Waals surface area contributed by atoms with Gasteiger partial charge in [0, 0.05) is 43.4 Å². The summed E-state index contributed by atoms with van der Waals surface area (Å²) in [6.07, 6.45) is 4.53. The van der Waals surface area contributed by atoms with Gasteiger partial charge < -0.3 is 10.1 Å². The van der Waals surface area contributed by atoms with Gasteiger partial charge in [-0.3, -0.25) is 10.00 Å². The van der Waals surface area contributed by atoms with Gasteiger partial charge in [0.25, 0.3) is 0 Å². The number of H-pyrrole nitrogens is 1. The van der Waals surface area contributed by atoms with Crippen LogP contribution in [0.2, 0.25) is 0 Å². The van der Waals surface area contributed by atoms with Crippen molar-refractivity contribution in [1.82, 2.24) is 20.4 Å². The first-order valence-corrected chi connectivity index (χ1v) is 6.96. The summed E-state index contributed by atoms with van der Waals surface area (Å²) in [5.74, 6) is 0.609. The van der Waals surface area contributed by atoms with Gasteiger partial charge in [0.15, 0.2) is 0 Å². The summed E-state index contributed by atoms with van der Waals surface area (Å²) in [4.78, 5) is 2.45. The van der Waals surface area contributed by atoms with E-state index in [-0.39, 0.29) is 0 Å². The minimum atomic E-state index is 0.609. The summed E-state index contributed by atoms with van der Waals surface area (Å²) in [5.41, 5.74) is 2.71. The molecule has 5 heteroatoms. The Hall–Kier alpha value is -0.910. The Bertz CT molecular complexity index is 367. The predicted octanol–water partition coefficient (Wildman–Crippen LogP) is 0.709. The number of piperidine rings is 1. The van der Waals surface area contributed by atoms with Crippen molar-refractivity contribution in [3.05, 3.63) is 17.5 Å². The lowest BCUT2D eigenvalue weighted by Crippen LogP contribution is -2.36. The van der Waals surface area contributed by atoms with Crippen molar-refractivity contribution >= 4 is 0 Å². The first kappa shape index (κ1) is 12.1. The van der Waals surface area contributed by atoms with Crippen LogP contribution in [0.5, 0.6) is 0 Å². The average molecular weight is 250 g/mol. The lowest BCUT2D eigenvalue weighted by Gasteiger charge is -2.28. The van der Waals surface area contributed by atoms with Gasteiger partial charge in [-0.15, -0.1) is 0 Å². The highest BCUT2D eigenvalue weighted by Crippen LogP contribution is 2.25. The van der Waals surface area contributed by atoms with Gasteiger partial charge in [0.05, 0.1) is 19.4 Å². The van der Waals surface area contributed by atoms with Crippen molar-refractivity contribution in [3.8, 4) is 0 Å². The average Bonchev–Trinajstić information content (AvgIpc) is 2.89. The number of hydrogen-bond donors (Lipinski definition) is 2. The Kier molecular flexibility index (Phi) is 3.93. The summed E-state index contributed by atoms with van der Waals surface area (Å²) in [7, 11) is 0. The Morgan fingerprint density at radius 3 is 3.06 bits per heavy atom. The highest BCUT2D eigenvalue weighted by atomic mass is 16.5. The smallest absolute Gasteiger partial charge is 0.0594 e. The van der Waals surface area contributed by atoms with Gasteiger partial charge in [0.2, 0.25) is 0 Å². The molecule has 1 atom stereocenters. The quantitative estimate of drug-likeness (QED) is 0.829. The van der Waals surface area contributed by atoms with E-state index in [1.54, 1.807) is 0 Å². The van der Waals surface area contributed by atoms with E-state index in [9.17, 15) is 0 Å². The first-order valence-electron chi connectivity index (χ1n) is 6.96. The molecule has 5 nitrogen and oxygen atoms in total. The number of hydrogen-bond acceptors (Lipinski definition) is 4. The van der Waals surface area contributed by atoms with Crippen LogP contribution in [0.1, 0.15) is 30.0 Å². The summed E-state index contributed by atoms with van der Waals surface area (Å²) in [5, 5.41) is 10.9. The maximum atomic E-state index is 5.39. The highest BCUT2D eigenvalue weighted by molar-refractivity contribution is 5.21. The van der Waals surface area contributed by atoms with E-state index >= 15 is 0 Å². The monoisotopic (exact) mass is 250 g/mol. The molecule has 0 spiro atoms. The molecule has 0 radical (unpaired) electrons. The molecule has 2 aliphatic rings. The minimum absolute atomic E-state index is 0.609. The standard InChI is InChI=1S/C13H22N4O/c1-2-11(8-14-3-1)13-12(9-15-16-13)10-17-4-6-18-7-5-17/h9,11,14H,1-8,10H2,(H,15,16)/t11-/m1/s1. The predicted molar refractivity (Wildman–Crippen MR) is 69.5 cm³/mol.